The Labute approximate surface area is 107 Å². The predicted molar refractivity (Wildman–Crippen MR) is 71.5 cm³/mol. The number of anilines is 1. The van der Waals surface area contributed by atoms with Gasteiger partial charge in [-0.2, -0.15) is 0 Å². The lowest BCUT2D eigenvalue weighted by molar-refractivity contribution is 0.100. The predicted octanol–water partition coefficient (Wildman–Crippen LogP) is 0.662. The number of nitrogens with zero attached hydrogens (tertiary/aromatic N) is 2. The molecule has 5 heteroatoms. The molecule has 1 amide bonds. The molecule has 0 spiro atoms. The molecule has 18 heavy (non-hydrogen) atoms. The minimum atomic E-state index is -0.431. The molecule has 2 unspecified atom stereocenters. The molecule has 1 fully saturated rings. The van der Waals surface area contributed by atoms with E-state index in [1.165, 1.54) is 0 Å². The van der Waals surface area contributed by atoms with Gasteiger partial charge in [0.15, 0.2) is 0 Å². The van der Waals surface area contributed by atoms with Crippen LogP contribution in [0.1, 0.15) is 29.4 Å². The maximum absolute atomic E-state index is 11.5. The molecule has 4 N–H and O–H groups in total. The molecule has 0 aromatic carbocycles. The van der Waals surface area contributed by atoms with Crippen LogP contribution in [0.3, 0.4) is 0 Å². The zero-order chi connectivity index (χ0) is 13.3. The zero-order valence-electron chi connectivity index (χ0n) is 10.9. The van der Waals surface area contributed by atoms with E-state index in [0.29, 0.717) is 17.3 Å². The summed E-state index contributed by atoms with van der Waals surface area (Å²) in [5.74, 6) is 0.656. The second-order valence-corrected chi connectivity index (χ2v) is 5.06. The van der Waals surface area contributed by atoms with Crippen LogP contribution in [0.25, 0.3) is 0 Å². The highest BCUT2D eigenvalue weighted by molar-refractivity contribution is 5.97. The van der Waals surface area contributed by atoms with E-state index in [-0.39, 0.29) is 6.04 Å². The van der Waals surface area contributed by atoms with Crippen molar-refractivity contribution in [3.63, 3.8) is 0 Å². The first-order valence-corrected chi connectivity index (χ1v) is 6.27. The molecule has 0 saturated carbocycles. The smallest absolute Gasteiger partial charge is 0.252 e. The van der Waals surface area contributed by atoms with Crippen LogP contribution in [-0.2, 0) is 0 Å². The first-order valence-electron chi connectivity index (χ1n) is 6.27. The van der Waals surface area contributed by atoms with Gasteiger partial charge in [0.05, 0.1) is 5.56 Å². The van der Waals surface area contributed by atoms with Gasteiger partial charge in [-0.15, -0.1) is 0 Å². The first-order chi connectivity index (χ1) is 8.49. The van der Waals surface area contributed by atoms with Crippen molar-refractivity contribution in [2.24, 2.45) is 17.4 Å². The van der Waals surface area contributed by atoms with Crippen molar-refractivity contribution in [3.8, 4) is 0 Å². The Balaban J connectivity index is 2.32. The highest BCUT2D eigenvalue weighted by Gasteiger charge is 2.26. The monoisotopic (exact) mass is 248 g/mol. The molecule has 0 aliphatic carbocycles. The van der Waals surface area contributed by atoms with E-state index in [0.717, 1.165) is 25.2 Å². The molecule has 1 aromatic rings. The van der Waals surface area contributed by atoms with E-state index in [1.807, 2.05) is 13.0 Å². The molecular weight excluding hydrogens is 228 g/mol. The summed E-state index contributed by atoms with van der Waals surface area (Å²) in [6.07, 6.45) is 0.912. The third-order valence-corrected chi connectivity index (χ3v) is 3.55. The average molecular weight is 248 g/mol. The molecule has 1 aliphatic rings. The van der Waals surface area contributed by atoms with Gasteiger partial charge in [-0.25, -0.2) is 4.98 Å². The summed E-state index contributed by atoms with van der Waals surface area (Å²) < 4.78 is 0. The van der Waals surface area contributed by atoms with Crippen molar-refractivity contribution < 1.29 is 4.79 Å². The van der Waals surface area contributed by atoms with Crippen molar-refractivity contribution in [1.82, 2.24) is 4.98 Å². The van der Waals surface area contributed by atoms with E-state index >= 15 is 0 Å². The Hall–Kier alpha value is -1.62. The van der Waals surface area contributed by atoms with E-state index in [4.69, 9.17) is 11.5 Å². The number of carbonyl (C=O) groups is 1. The average Bonchev–Trinajstić information content (AvgIpc) is 2.32. The van der Waals surface area contributed by atoms with Crippen LogP contribution in [-0.4, -0.2) is 30.0 Å². The van der Waals surface area contributed by atoms with Crippen LogP contribution >= 0.6 is 0 Å². The first kappa shape index (κ1) is 12.8. The minimum Gasteiger partial charge on any atom is -0.365 e. The number of rotatable bonds is 2. The number of aryl methyl sites for hydroxylation is 1. The summed E-state index contributed by atoms with van der Waals surface area (Å²) in [6.45, 7) is 5.67. The van der Waals surface area contributed by atoms with Crippen molar-refractivity contribution in [1.29, 1.82) is 0 Å². The highest BCUT2D eigenvalue weighted by Crippen LogP contribution is 2.24. The molecule has 1 aliphatic heterocycles. The molecule has 2 heterocycles. The number of hydrogen-bond acceptors (Lipinski definition) is 4. The van der Waals surface area contributed by atoms with Gasteiger partial charge in [-0.1, -0.05) is 6.92 Å². The fourth-order valence-corrected chi connectivity index (χ4v) is 2.33. The molecule has 0 bridgehead atoms. The van der Waals surface area contributed by atoms with Gasteiger partial charge in [-0.05, 0) is 31.4 Å². The van der Waals surface area contributed by atoms with Gasteiger partial charge in [0.25, 0.3) is 5.91 Å². The molecule has 2 atom stereocenters. The van der Waals surface area contributed by atoms with Crippen LogP contribution in [0.5, 0.6) is 0 Å². The van der Waals surface area contributed by atoms with E-state index in [2.05, 4.69) is 16.8 Å². The number of amides is 1. The quantitative estimate of drug-likeness (QED) is 0.805. The van der Waals surface area contributed by atoms with Gasteiger partial charge in [-0.3, -0.25) is 4.79 Å². The minimum absolute atomic E-state index is 0.225. The Morgan fingerprint density at radius 3 is 2.83 bits per heavy atom. The highest BCUT2D eigenvalue weighted by atomic mass is 16.1. The van der Waals surface area contributed by atoms with Crippen LogP contribution in [0.4, 0.5) is 5.82 Å². The molecular formula is C13H20N4O. The number of carbonyl (C=O) groups excluding carboxylic acids is 1. The topological polar surface area (TPSA) is 85.2 Å². The van der Waals surface area contributed by atoms with E-state index < -0.39 is 5.91 Å². The normalized spacial score (nSPS) is 24.1. The molecule has 0 radical (unpaired) electrons. The second-order valence-electron chi connectivity index (χ2n) is 5.06. The van der Waals surface area contributed by atoms with Crippen LogP contribution in [0.15, 0.2) is 12.1 Å². The standard InChI is InChI=1S/C13H20N4O/c1-8-7-17(6-5-11(8)14)13-10(12(15)18)4-3-9(2)16-13/h3-4,8,11H,5-7,14H2,1-2H3,(H2,15,18). The number of primary amides is 1. The Morgan fingerprint density at radius 2 is 2.22 bits per heavy atom. The Kier molecular flexibility index (Phi) is 3.52. The van der Waals surface area contributed by atoms with Crippen molar-refractivity contribution in [2.45, 2.75) is 26.3 Å². The number of piperidine rings is 1. The van der Waals surface area contributed by atoms with E-state index in [1.54, 1.807) is 6.07 Å². The largest absolute Gasteiger partial charge is 0.365 e. The second kappa shape index (κ2) is 4.94. The third-order valence-electron chi connectivity index (χ3n) is 3.55. The third kappa shape index (κ3) is 2.46. The number of hydrogen-bond donors (Lipinski definition) is 2. The number of aromatic nitrogens is 1. The Bertz CT molecular complexity index is 460. The lowest BCUT2D eigenvalue weighted by Crippen LogP contribution is -2.46. The fraction of sp³-hybridized carbons (Fsp3) is 0.538. The van der Waals surface area contributed by atoms with E-state index in [9.17, 15) is 4.79 Å². The summed E-state index contributed by atoms with van der Waals surface area (Å²) in [6, 6.07) is 3.78. The van der Waals surface area contributed by atoms with Crippen molar-refractivity contribution >= 4 is 11.7 Å². The molecule has 2 rings (SSSR count). The Morgan fingerprint density at radius 1 is 1.50 bits per heavy atom. The van der Waals surface area contributed by atoms with Gasteiger partial charge in [0, 0.05) is 24.8 Å². The van der Waals surface area contributed by atoms with Gasteiger partial charge < -0.3 is 16.4 Å². The maximum Gasteiger partial charge on any atom is 0.252 e. The van der Waals surface area contributed by atoms with Crippen LogP contribution in [0.2, 0.25) is 0 Å². The summed E-state index contributed by atoms with van der Waals surface area (Å²) in [7, 11) is 0. The van der Waals surface area contributed by atoms with Crippen molar-refractivity contribution in [2.75, 3.05) is 18.0 Å². The van der Waals surface area contributed by atoms with Gasteiger partial charge in [0.1, 0.15) is 5.82 Å². The van der Waals surface area contributed by atoms with Crippen LogP contribution in [0, 0.1) is 12.8 Å². The number of nitrogens with two attached hydrogens (primary N) is 2. The fourth-order valence-electron chi connectivity index (χ4n) is 2.33. The summed E-state index contributed by atoms with van der Waals surface area (Å²) in [4.78, 5) is 18.0. The summed E-state index contributed by atoms with van der Waals surface area (Å²) >= 11 is 0. The number of pyridine rings is 1. The molecule has 98 valence electrons. The summed E-state index contributed by atoms with van der Waals surface area (Å²) in [5.41, 5.74) is 12.8. The lowest BCUT2D eigenvalue weighted by Gasteiger charge is -2.36. The molecule has 1 aromatic heterocycles. The van der Waals surface area contributed by atoms with Gasteiger partial charge >= 0.3 is 0 Å². The van der Waals surface area contributed by atoms with Crippen LogP contribution < -0.4 is 16.4 Å². The maximum atomic E-state index is 11.5. The molecule has 1 saturated heterocycles. The van der Waals surface area contributed by atoms with Crippen molar-refractivity contribution in [3.05, 3.63) is 23.4 Å². The van der Waals surface area contributed by atoms with Gasteiger partial charge in [0.2, 0.25) is 0 Å². The summed E-state index contributed by atoms with van der Waals surface area (Å²) in [5, 5.41) is 0. The zero-order valence-corrected chi connectivity index (χ0v) is 10.9. The SMILES string of the molecule is Cc1ccc(C(N)=O)c(N2CCC(N)C(C)C2)n1. The molecule has 5 nitrogen and oxygen atoms in total. The lowest BCUT2D eigenvalue weighted by atomic mass is 9.94.